The van der Waals surface area contributed by atoms with Crippen LogP contribution in [0.25, 0.3) is 22.9 Å². The number of rotatable bonds is 3. The van der Waals surface area contributed by atoms with Gasteiger partial charge >= 0.3 is 0 Å². The summed E-state index contributed by atoms with van der Waals surface area (Å²) in [4.78, 5) is 4.59. The van der Waals surface area contributed by atoms with Gasteiger partial charge in [-0.1, -0.05) is 58.4 Å². The van der Waals surface area contributed by atoms with Crippen molar-refractivity contribution < 1.29 is 0 Å². The molecule has 0 saturated carbocycles. The lowest BCUT2D eigenvalue weighted by Crippen LogP contribution is -1.83. The van der Waals surface area contributed by atoms with Crippen molar-refractivity contribution in [1.29, 1.82) is 5.26 Å². The van der Waals surface area contributed by atoms with Crippen molar-refractivity contribution in [2.75, 3.05) is 0 Å². The molecule has 1 heterocycles. The number of benzene rings is 2. The quantitative estimate of drug-likeness (QED) is 0.562. The van der Waals surface area contributed by atoms with Crippen LogP contribution in [0.4, 0.5) is 0 Å². The molecule has 0 aliphatic heterocycles. The molecule has 3 rings (SSSR count). The highest BCUT2D eigenvalue weighted by molar-refractivity contribution is 9.10. The zero-order valence-corrected chi connectivity index (χ0v) is 13.9. The molecule has 0 saturated heterocycles. The zero-order valence-electron chi connectivity index (χ0n) is 11.5. The Labute approximate surface area is 141 Å². The summed E-state index contributed by atoms with van der Waals surface area (Å²) in [6, 6.07) is 20.1. The number of aromatic nitrogens is 1. The van der Waals surface area contributed by atoms with E-state index in [1.807, 2.05) is 66.1 Å². The minimum absolute atomic E-state index is 0.574. The Morgan fingerprint density at radius 2 is 1.95 bits per heavy atom. The lowest BCUT2D eigenvalue weighted by molar-refractivity contribution is 1.37. The molecule has 0 spiro atoms. The Bertz CT molecular complexity index is 860. The second kappa shape index (κ2) is 6.69. The summed E-state index contributed by atoms with van der Waals surface area (Å²) in [7, 11) is 0. The topological polar surface area (TPSA) is 36.7 Å². The van der Waals surface area contributed by atoms with Gasteiger partial charge in [0.1, 0.15) is 11.1 Å². The maximum Gasteiger partial charge on any atom is 0.134 e. The lowest BCUT2D eigenvalue weighted by Gasteiger charge is -1.97. The van der Waals surface area contributed by atoms with Crippen LogP contribution >= 0.6 is 27.3 Å². The summed E-state index contributed by atoms with van der Waals surface area (Å²) < 4.78 is 0.989. The van der Waals surface area contributed by atoms with Crippen LogP contribution in [0.15, 0.2) is 64.5 Å². The molecule has 0 fully saturated rings. The molecule has 0 amide bonds. The van der Waals surface area contributed by atoms with E-state index in [1.165, 1.54) is 11.3 Å². The van der Waals surface area contributed by atoms with E-state index in [1.54, 1.807) is 0 Å². The van der Waals surface area contributed by atoms with Crippen molar-refractivity contribution in [3.63, 3.8) is 0 Å². The van der Waals surface area contributed by atoms with Gasteiger partial charge in [0, 0.05) is 15.4 Å². The molecule has 0 bridgehead atoms. The second-order valence-corrected chi connectivity index (χ2v) is 6.40. The molecule has 0 radical (unpaired) electrons. The van der Waals surface area contributed by atoms with Gasteiger partial charge in [0.15, 0.2) is 0 Å². The SMILES string of the molecule is N#C/C(=C\c1cccc(Br)c1)c1nc(-c2ccccc2)cs1. The molecule has 0 atom stereocenters. The van der Waals surface area contributed by atoms with E-state index in [0.717, 1.165) is 26.3 Å². The van der Waals surface area contributed by atoms with E-state index in [0.29, 0.717) is 5.57 Å². The maximum absolute atomic E-state index is 9.43. The first-order chi connectivity index (χ1) is 10.8. The fourth-order valence-electron chi connectivity index (χ4n) is 2.04. The molecule has 1 aromatic heterocycles. The van der Waals surface area contributed by atoms with Crippen LogP contribution in [0, 0.1) is 11.3 Å². The molecule has 0 unspecified atom stereocenters. The van der Waals surface area contributed by atoms with Crippen molar-refractivity contribution >= 4 is 38.9 Å². The van der Waals surface area contributed by atoms with E-state index < -0.39 is 0 Å². The third kappa shape index (κ3) is 3.33. The van der Waals surface area contributed by atoms with Gasteiger partial charge in [-0.25, -0.2) is 4.98 Å². The monoisotopic (exact) mass is 366 g/mol. The predicted octanol–water partition coefficient (Wildman–Crippen LogP) is 5.64. The van der Waals surface area contributed by atoms with Gasteiger partial charge in [-0.05, 0) is 23.8 Å². The Morgan fingerprint density at radius 3 is 2.68 bits per heavy atom. The number of hydrogen-bond acceptors (Lipinski definition) is 3. The number of halogens is 1. The van der Waals surface area contributed by atoms with Crippen LogP contribution in [0.1, 0.15) is 10.6 Å². The Kier molecular flexibility index (Phi) is 4.47. The van der Waals surface area contributed by atoms with E-state index >= 15 is 0 Å². The third-order valence-electron chi connectivity index (χ3n) is 3.08. The van der Waals surface area contributed by atoms with Gasteiger partial charge in [0.2, 0.25) is 0 Å². The van der Waals surface area contributed by atoms with Crippen LogP contribution < -0.4 is 0 Å². The number of thiazole rings is 1. The van der Waals surface area contributed by atoms with Crippen LogP contribution in [0.5, 0.6) is 0 Å². The average Bonchev–Trinajstić information content (AvgIpc) is 3.03. The summed E-state index contributed by atoms with van der Waals surface area (Å²) >= 11 is 4.93. The fraction of sp³-hybridized carbons (Fsp3) is 0. The van der Waals surface area contributed by atoms with Gasteiger partial charge in [0.05, 0.1) is 11.3 Å². The van der Waals surface area contributed by atoms with Crippen molar-refractivity contribution in [3.05, 3.63) is 75.0 Å². The average molecular weight is 367 g/mol. The highest BCUT2D eigenvalue weighted by atomic mass is 79.9. The summed E-state index contributed by atoms with van der Waals surface area (Å²) in [5.41, 5.74) is 3.51. The Hall–Kier alpha value is -2.22. The normalized spacial score (nSPS) is 11.2. The molecule has 0 aliphatic rings. The Morgan fingerprint density at radius 1 is 1.14 bits per heavy atom. The largest absolute Gasteiger partial charge is 0.235 e. The standard InChI is InChI=1S/C18H11BrN2S/c19-16-8-4-5-13(10-16)9-15(11-20)18-21-17(12-22-18)14-6-2-1-3-7-14/h1-10,12H/b15-9+. The van der Waals surface area contributed by atoms with E-state index in [9.17, 15) is 5.26 Å². The molecule has 0 aliphatic carbocycles. The van der Waals surface area contributed by atoms with Crippen LogP contribution in [0.2, 0.25) is 0 Å². The molecule has 2 aromatic carbocycles. The molecule has 22 heavy (non-hydrogen) atoms. The summed E-state index contributed by atoms with van der Waals surface area (Å²) in [5.74, 6) is 0. The van der Waals surface area contributed by atoms with Crippen molar-refractivity contribution in [2.45, 2.75) is 0 Å². The molecule has 0 N–H and O–H groups in total. The van der Waals surface area contributed by atoms with Crippen LogP contribution in [0.3, 0.4) is 0 Å². The van der Waals surface area contributed by atoms with E-state index in [4.69, 9.17) is 0 Å². The van der Waals surface area contributed by atoms with Gasteiger partial charge in [0.25, 0.3) is 0 Å². The first-order valence-electron chi connectivity index (χ1n) is 6.65. The van der Waals surface area contributed by atoms with Gasteiger partial charge in [-0.2, -0.15) is 5.26 Å². The number of allylic oxidation sites excluding steroid dienone is 1. The zero-order chi connectivity index (χ0) is 15.4. The molecule has 2 nitrogen and oxygen atoms in total. The highest BCUT2D eigenvalue weighted by Crippen LogP contribution is 2.27. The van der Waals surface area contributed by atoms with Gasteiger partial charge < -0.3 is 0 Å². The molecule has 106 valence electrons. The Balaban J connectivity index is 1.96. The smallest absolute Gasteiger partial charge is 0.134 e. The number of hydrogen-bond donors (Lipinski definition) is 0. The molecule has 3 aromatic rings. The molecular weight excluding hydrogens is 356 g/mol. The second-order valence-electron chi connectivity index (χ2n) is 4.63. The third-order valence-corrected chi connectivity index (χ3v) is 4.45. The first kappa shape index (κ1) is 14.7. The number of nitriles is 1. The van der Waals surface area contributed by atoms with E-state index in [-0.39, 0.29) is 0 Å². The van der Waals surface area contributed by atoms with Gasteiger partial charge in [-0.3, -0.25) is 0 Å². The van der Waals surface area contributed by atoms with Crippen LogP contribution in [-0.4, -0.2) is 4.98 Å². The summed E-state index contributed by atoms with van der Waals surface area (Å²) in [5, 5.41) is 12.1. The van der Waals surface area contributed by atoms with Gasteiger partial charge in [-0.15, -0.1) is 11.3 Å². The molecule has 4 heteroatoms. The van der Waals surface area contributed by atoms with E-state index in [2.05, 4.69) is 27.0 Å². The van der Waals surface area contributed by atoms with Crippen molar-refractivity contribution in [1.82, 2.24) is 4.98 Å². The van der Waals surface area contributed by atoms with Crippen molar-refractivity contribution in [2.24, 2.45) is 0 Å². The maximum atomic E-state index is 9.43. The lowest BCUT2D eigenvalue weighted by atomic mass is 10.1. The predicted molar refractivity (Wildman–Crippen MR) is 95.2 cm³/mol. The fourth-order valence-corrected chi connectivity index (χ4v) is 3.26. The minimum Gasteiger partial charge on any atom is -0.235 e. The summed E-state index contributed by atoms with van der Waals surface area (Å²) in [6.07, 6.45) is 1.86. The highest BCUT2D eigenvalue weighted by Gasteiger charge is 2.08. The first-order valence-corrected chi connectivity index (χ1v) is 8.32. The minimum atomic E-state index is 0.574. The van der Waals surface area contributed by atoms with Crippen LogP contribution in [-0.2, 0) is 0 Å². The van der Waals surface area contributed by atoms with Crippen molar-refractivity contribution in [3.8, 4) is 17.3 Å². The number of nitrogens with zero attached hydrogens (tertiary/aromatic N) is 2. The molecular formula is C18H11BrN2S. The summed E-state index contributed by atoms with van der Waals surface area (Å²) in [6.45, 7) is 0.